The normalized spacial score (nSPS) is 14.2. The van der Waals surface area contributed by atoms with Gasteiger partial charge < -0.3 is 15.7 Å². The number of nitrogens with zero attached hydrogens (tertiary/aromatic N) is 1. The molecule has 1 rings (SSSR count). The SMILES string of the molecule is CCNC(=NCC(C)(C)S(C)(=O)=O)NCC(O)c1ccc(C(C)(C)C)cc1.I. The lowest BCUT2D eigenvalue weighted by Crippen LogP contribution is -2.42. The zero-order valence-electron chi connectivity index (χ0n) is 18.0. The highest BCUT2D eigenvalue weighted by Crippen LogP contribution is 2.23. The van der Waals surface area contributed by atoms with Crippen LogP contribution < -0.4 is 10.6 Å². The van der Waals surface area contributed by atoms with Gasteiger partial charge in [-0.25, -0.2) is 8.42 Å². The van der Waals surface area contributed by atoms with Gasteiger partial charge in [0.1, 0.15) is 0 Å². The average molecular weight is 525 g/mol. The second-order valence-electron chi connectivity index (χ2n) is 8.50. The topological polar surface area (TPSA) is 90.8 Å². The molecule has 0 aliphatic rings. The van der Waals surface area contributed by atoms with E-state index in [9.17, 15) is 13.5 Å². The summed E-state index contributed by atoms with van der Waals surface area (Å²) >= 11 is 0. The zero-order chi connectivity index (χ0) is 20.9. The van der Waals surface area contributed by atoms with Gasteiger partial charge >= 0.3 is 0 Å². The first kappa shape index (κ1) is 27.1. The Morgan fingerprint density at radius 3 is 2.07 bits per heavy atom. The first-order valence-electron chi connectivity index (χ1n) is 9.28. The van der Waals surface area contributed by atoms with Crippen LogP contribution >= 0.6 is 24.0 Å². The van der Waals surface area contributed by atoms with Crippen molar-refractivity contribution in [1.82, 2.24) is 10.6 Å². The van der Waals surface area contributed by atoms with Crippen LogP contribution in [-0.2, 0) is 15.3 Å². The van der Waals surface area contributed by atoms with Crippen LogP contribution in [0.3, 0.4) is 0 Å². The van der Waals surface area contributed by atoms with Crippen LogP contribution in [-0.4, -0.2) is 50.1 Å². The molecule has 1 unspecified atom stereocenters. The second-order valence-corrected chi connectivity index (χ2v) is 11.1. The molecule has 28 heavy (non-hydrogen) atoms. The zero-order valence-corrected chi connectivity index (χ0v) is 21.2. The Kier molecular flexibility index (Phi) is 10.4. The average Bonchev–Trinajstić information content (AvgIpc) is 2.55. The maximum absolute atomic E-state index is 11.8. The smallest absolute Gasteiger partial charge is 0.191 e. The maximum Gasteiger partial charge on any atom is 0.191 e. The van der Waals surface area contributed by atoms with Crippen LogP contribution in [0.15, 0.2) is 29.3 Å². The van der Waals surface area contributed by atoms with E-state index in [1.165, 1.54) is 11.8 Å². The van der Waals surface area contributed by atoms with Crippen molar-refractivity contribution in [2.75, 3.05) is 25.9 Å². The van der Waals surface area contributed by atoms with E-state index < -0.39 is 20.7 Å². The molecule has 0 saturated heterocycles. The highest BCUT2D eigenvalue weighted by atomic mass is 127. The van der Waals surface area contributed by atoms with Gasteiger partial charge in [-0.15, -0.1) is 24.0 Å². The summed E-state index contributed by atoms with van der Waals surface area (Å²) in [5.74, 6) is 0.486. The first-order valence-corrected chi connectivity index (χ1v) is 11.2. The monoisotopic (exact) mass is 525 g/mol. The Morgan fingerprint density at radius 2 is 1.64 bits per heavy atom. The minimum absolute atomic E-state index is 0. The van der Waals surface area contributed by atoms with Gasteiger partial charge in [0.25, 0.3) is 0 Å². The molecule has 0 radical (unpaired) electrons. The summed E-state index contributed by atoms with van der Waals surface area (Å²) in [6, 6.07) is 7.94. The fourth-order valence-corrected chi connectivity index (χ4v) is 2.54. The largest absolute Gasteiger partial charge is 0.387 e. The molecule has 162 valence electrons. The summed E-state index contributed by atoms with van der Waals surface area (Å²) in [6.45, 7) is 12.7. The molecule has 6 nitrogen and oxygen atoms in total. The van der Waals surface area contributed by atoms with E-state index in [1.807, 2.05) is 31.2 Å². The van der Waals surface area contributed by atoms with Crippen molar-refractivity contribution in [3.05, 3.63) is 35.4 Å². The van der Waals surface area contributed by atoms with Crippen molar-refractivity contribution < 1.29 is 13.5 Å². The van der Waals surface area contributed by atoms with Crippen LogP contribution in [0.4, 0.5) is 0 Å². The quantitative estimate of drug-likeness (QED) is 0.289. The molecule has 1 atom stereocenters. The summed E-state index contributed by atoms with van der Waals surface area (Å²) in [5.41, 5.74) is 2.10. The lowest BCUT2D eigenvalue weighted by Gasteiger charge is -2.22. The highest BCUT2D eigenvalue weighted by molar-refractivity contribution is 14.0. The van der Waals surface area contributed by atoms with E-state index in [2.05, 4.69) is 36.4 Å². The van der Waals surface area contributed by atoms with E-state index in [0.29, 0.717) is 12.5 Å². The molecule has 0 saturated carbocycles. The van der Waals surface area contributed by atoms with E-state index in [-0.39, 0.29) is 42.5 Å². The van der Waals surface area contributed by atoms with Crippen LogP contribution in [0, 0.1) is 0 Å². The van der Waals surface area contributed by atoms with Crippen molar-refractivity contribution in [2.24, 2.45) is 4.99 Å². The molecule has 0 bridgehead atoms. The lowest BCUT2D eigenvalue weighted by atomic mass is 9.86. The third-order valence-corrected chi connectivity index (χ3v) is 6.73. The van der Waals surface area contributed by atoms with Gasteiger partial charge in [-0.1, -0.05) is 45.0 Å². The molecule has 0 fully saturated rings. The molecule has 0 heterocycles. The fourth-order valence-electron chi connectivity index (χ4n) is 2.24. The Morgan fingerprint density at radius 1 is 1.11 bits per heavy atom. The number of halogens is 1. The van der Waals surface area contributed by atoms with E-state index >= 15 is 0 Å². The third-order valence-electron chi connectivity index (χ3n) is 4.59. The molecular weight excluding hydrogens is 489 g/mol. The van der Waals surface area contributed by atoms with Gasteiger partial charge in [0, 0.05) is 19.3 Å². The maximum atomic E-state index is 11.8. The molecule has 0 amide bonds. The van der Waals surface area contributed by atoms with Crippen molar-refractivity contribution >= 4 is 39.8 Å². The summed E-state index contributed by atoms with van der Waals surface area (Å²) in [6.07, 6.45) is 0.527. The minimum Gasteiger partial charge on any atom is -0.387 e. The van der Waals surface area contributed by atoms with Crippen molar-refractivity contribution in [3.63, 3.8) is 0 Å². The number of hydrogen-bond acceptors (Lipinski definition) is 4. The van der Waals surface area contributed by atoms with Gasteiger partial charge in [0.15, 0.2) is 15.8 Å². The van der Waals surface area contributed by atoms with Crippen LogP contribution in [0.25, 0.3) is 0 Å². The Hall–Kier alpha value is -0.870. The Balaban J connectivity index is 0.00000729. The summed E-state index contributed by atoms with van der Waals surface area (Å²) in [7, 11) is -3.22. The van der Waals surface area contributed by atoms with Crippen LogP contribution in [0.2, 0.25) is 0 Å². The van der Waals surface area contributed by atoms with Gasteiger partial charge in [-0.05, 0) is 37.3 Å². The van der Waals surface area contributed by atoms with E-state index in [4.69, 9.17) is 0 Å². The molecule has 0 aliphatic heterocycles. The number of aliphatic imine (C=N–C) groups is 1. The van der Waals surface area contributed by atoms with Crippen molar-refractivity contribution in [2.45, 2.75) is 57.8 Å². The van der Waals surface area contributed by atoms with Crippen molar-refractivity contribution in [1.29, 1.82) is 0 Å². The van der Waals surface area contributed by atoms with Gasteiger partial charge in [-0.2, -0.15) is 0 Å². The van der Waals surface area contributed by atoms with Gasteiger partial charge in [-0.3, -0.25) is 4.99 Å². The molecule has 8 heteroatoms. The van der Waals surface area contributed by atoms with Gasteiger partial charge in [0.2, 0.25) is 0 Å². The van der Waals surface area contributed by atoms with Crippen molar-refractivity contribution in [3.8, 4) is 0 Å². The summed E-state index contributed by atoms with van der Waals surface area (Å²) < 4.78 is 22.7. The Bertz CT molecular complexity index is 739. The highest BCUT2D eigenvalue weighted by Gasteiger charge is 2.30. The first-order chi connectivity index (χ1) is 12.3. The summed E-state index contributed by atoms with van der Waals surface area (Å²) in [5, 5.41) is 16.6. The van der Waals surface area contributed by atoms with Gasteiger partial charge in [0.05, 0.1) is 17.4 Å². The number of nitrogens with one attached hydrogen (secondary N) is 2. The number of sulfone groups is 1. The molecule has 3 N–H and O–H groups in total. The third kappa shape index (κ3) is 8.24. The summed E-state index contributed by atoms with van der Waals surface area (Å²) in [4.78, 5) is 4.37. The number of aliphatic hydroxyl groups excluding tert-OH is 1. The predicted octanol–water partition coefficient (Wildman–Crippen LogP) is 3.01. The number of aliphatic hydroxyl groups is 1. The lowest BCUT2D eigenvalue weighted by molar-refractivity contribution is 0.181. The fraction of sp³-hybridized carbons (Fsp3) is 0.650. The molecule has 0 spiro atoms. The standard InChI is InChI=1S/C20H35N3O3S.HI/c1-8-21-18(23-14-20(5,6)27(7,25)26)22-13-17(24)15-9-11-16(12-10-15)19(2,3)4;/h9-12,17,24H,8,13-14H2,1-7H3,(H2,21,22,23);1H. The number of benzene rings is 1. The molecule has 0 aliphatic carbocycles. The van der Waals surface area contributed by atoms with Crippen LogP contribution in [0.1, 0.15) is 58.8 Å². The molecule has 1 aromatic carbocycles. The Labute approximate surface area is 187 Å². The van der Waals surface area contributed by atoms with E-state index in [0.717, 1.165) is 5.56 Å². The second kappa shape index (κ2) is 10.8. The number of rotatable bonds is 7. The van der Waals surface area contributed by atoms with Crippen LogP contribution in [0.5, 0.6) is 0 Å². The minimum atomic E-state index is -3.22. The van der Waals surface area contributed by atoms with E-state index in [1.54, 1.807) is 13.8 Å². The predicted molar refractivity (Wildman–Crippen MR) is 128 cm³/mol. The molecule has 0 aromatic heterocycles. The molecular formula is C20H36IN3O3S. The number of hydrogen-bond donors (Lipinski definition) is 3. The molecule has 1 aromatic rings. The number of guanidine groups is 1.